The summed E-state index contributed by atoms with van der Waals surface area (Å²) < 4.78 is 0. The number of hydrogen-bond acceptors (Lipinski definition) is 3. The van der Waals surface area contributed by atoms with Crippen LogP contribution in [0.15, 0.2) is 0 Å². The molecule has 2 amide bonds. The Kier molecular flexibility index (Phi) is 6.28. The zero-order valence-electron chi connectivity index (χ0n) is 12.6. The Morgan fingerprint density at radius 1 is 1.53 bits per heavy atom. The molecule has 0 aromatic rings. The molecule has 1 atom stereocenters. The molecule has 1 aliphatic rings. The van der Waals surface area contributed by atoms with E-state index in [1.54, 1.807) is 0 Å². The van der Waals surface area contributed by atoms with E-state index in [9.17, 15) is 9.59 Å². The van der Waals surface area contributed by atoms with Gasteiger partial charge in [0.05, 0.1) is 5.92 Å². The van der Waals surface area contributed by atoms with Crippen molar-refractivity contribution < 1.29 is 9.59 Å². The van der Waals surface area contributed by atoms with Crippen LogP contribution in [0.2, 0.25) is 0 Å². The highest BCUT2D eigenvalue weighted by Crippen LogP contribution is 2.18. The second kappa shape index (κ2) is 7.48. The Hall–Kier alpha value is -1.10. The third kappa shape index (κ3) is 5.19. The van der Waals surface area contributed by atoms with E-state index in [1.165, 1.54) is 0 Å². The third-order valence-electron chi connectivity index (χ3n) is 3.50. The first-order chi connectivity index (χ1) is 8.93. The van der Waals surface area contributed by atoms with Gasteiger partial charge in [-0.1, -0.05) is 20.8 Å². The predicted molar refractivity (Wildman–Crippen MR) is 75.7 cm³/mol. The predicted octanol–water partition coefficient (Wildman–Crippen LogP) is 0.559. The topological polar surface area (TPSA) is 52.7 Å². The van der Waals surface area contributed by atoms with Crippen LogP contribution in [0.25, 0.3) is 0 Å². The molecule has 0 spiro atoms. The smallest absolute Gasteiger partial charge is 0.225 e. The zero-order valence-corrected chi connectivity index (χ0v) is 12.6. The van der Waals surface area contributed by atoms with Crippen LogP contribution < -0.4 is 5.32 Å². The van der Waals surface area contributed by atoms with Crippen LogP contribution >= 0.6 is 0 Å². The monoisotopic (exact) mass is 269 g/mol. The van der Waals surface area contributed by atoms with E-state index in [1.807, 2.05) is 11.9 Å². The van der Waals surface area contributed by atoms with Gasteiger partial charge in [0.25, 0.3) is 0 Å². The summed E-state index contributed by atoms with van der Waals surface area (Å²) in [6, 6.07) is 0. The molecular formula is C14H27N3O2. The first-order valence-corrected chi connectivity index (χ1v) is 7.18. The molecule has 5 heteroatoms. The van der Waals surface area contributed by atoms with Gasteiger partial charge in [0, 0.05) is 32.6 Å². The van der Waals surface area contributed by atoms with Crippen LogP contribution in [0, 0.1) is 11.8 Å². The summed E-state index contributed by atoms with van der Waals surface area (Å²) in [5, 5.41) is 2.92. The number of nitrogens with zero attached hydrogens (tertiary/aromatic N) is 2. The van der Waals surface area contributed by atoms with Crippen molar-refractivity contribution in [3.8, 4) is 0 Å². The van der Waals surface area contributed by atoms with Gasteiger partial charge in [-0.3, -0.25) is 9.59 Å². The van der Waals surface area contributed by atoms with Crippen LogP contribution in [0.1, 0.15) is 27.2 Å². The summed E-state index contributed by atoms with van der Waals surface area (Å²) in [6.45, 7) is 10.0. The number of carbonyl (C=O) groups excluding carboxylic acids is 2. The summed E-state index contributed by atoms with van der Waals surface area (Å²) in [7, 11) is 2.02. The Balaban J connectivity index is 2.32. The van der Waals surface area contributed by atoms with Gasteiger partial charge < -0.3 is 15.1 Å². The van der Waals surface area contributed by atoms with E-state index in [4.69, 9.17) is 0 Å². The Morgan fingerprint density at radius 2 is 2.21 bits per heavy atom. The summed E-state index contributed by atoms with van der Waals surface area (Å²) in [6.07, 6.45) is 0.363. The van der Waals surface area contributed by atoms with E-state index in [0.29, 0.717) is 25.4 Å². The minimum absolute atomic E-state index is 0.0177. The number of nitrogens with one attached hydrogen (secondary N) is 1. The van der Waals surface area contributed by atoms with Crippen molar-refractivity contribution in [2.45, 2.75) is 27.2 Å². The van der Waals surface area contributed by atoms with Gasteiger partial charge in [0.2, 0.25) is 11.8 Å². The van der Waals surface area contributed by atoms with Crippen molar-refractivity contribution in [2.24, 2.45) is 11.8 Å². The molecule has 0 radical (unpaired) electrons. The maximum Gasteiger partial charge on any atom is 0.225 e. The summed E-state index contributed by atoms with van der Waals surface area (Å²) in [4.78, 5) is 27.7. The Bertz CT molecular complexity index is 318. The van der Waals surface area contributed by atoms with E-state index in [-0.39, 0.29) is 17.7 Å². The van der Waals surface area contributed by atoms with Crippen molar-refractivity contribution >= 4 is 11.8 Å². The summed E-state index contributed by atoms with van der Waals surface area (Å²) >= 11 is 0. The molecule has 0 aromatic carbocycles. The van der Waals surface area contributed by atoms with Gasteiger partial charge in [0.1, 0.15) is 0 Å². The fraction of sp³-hybridized carbons (Fsp3) is 0.857. The summed E-state index contributed by atoms with van der Waals surface area (Å²) in [5.41, 5.74) is 0. The minimum Gasteiger partial charge on any atom is -0.355 e. The fourth-order valence-corrected chi connectivity index (χ4v) is 2.24. The molecule has 110 valence electrons. The molecule has 1 heterocycles. The second-order valence-corrected chi connectivity index (χ2v) is 5.78. The molecule has 1 N–H and O–H groups in total. The number of hydrogen-bond donors (Lipinski definition) is 1. The molecule has 0 bridgehead atoms. The molecule has 19 heavy (non-hydrogen) atoms. The minimum atomic E-state index is -0.168. The molecule has 1 saturated heterocycles. The molecule has 5 nitrogen and oxygen atoms in total. The van der Waals surface area contributed by atoms with Gasteiger partial charge in [0.15, 0.2) is 0 Å². The van der Waals surface area contributed by atoms with Crippen LogP contribution in [0.4, 0.5) is 0 Å². The molecule has 1 rings (SSSR count). The lowest BCUT2D eigenvalue weighted by molar-refractivity contribution is -0.129. The first-order valence-electron chi connectivity index (χ1n) is 7.18. The highest BCUT2D eigenvalue weighted by Gasteiger charge is 2.34. The number of amides is 2. The lowest BCUT2D eigenvalue weighted by atomic mass is 10.1. The van der Waals surface area contributed by atoms with Crippen molar-refractivity contribution in [2.75, 3.05) is 39.8 Å². The average Bonchev–Trinajstić information content (AvgIpc) is 2.70. The number of likely N-dealkylation sites (tertiary alicyclic amines) is 1. The Labute approximate surface area is 116 Å². The lowest BCUT2D eigenvalue weighted by Crippen LogP contribution is -2.37. The standard InChI is InChI=1S/C14H27N3O2/c1-5-16(4)7-6-15-14(19)12-8-13(18)17(10-12)9-11(2)3/h11-12H,5-10H2,1-4H3,(H,15,19). The molecule has 0 saturated carbocycles. The van der Waals surface area contributed by atoms with Crippen molar-refractivity contribution in [1.29, 1.82) is 0 Å². The zero-order chi connectivity index (χ0) is 14.4. The maximum atomic E-state index is 12.0. The molecule has 1 aliphatic heterocycles. The highest BCUT2D eigenvalue weighted by atomic mass is 16.2. The van der Waals surface area contributed by atoms with E-state index in [0.717, 1.165) is 19.6 Å². The first kappa shape index (κ1) is 16.0. The van der Waals surface area contributed by atoms with E-state index < -0.39 is 0 Å². The van der Waals surface area contributed by atoms with Crippen LogP contribution in [-0.2, 0) is 9.59 Å². The molecule has 1 fully saturated rings. The second-order valence-electron chi connectivity index (χ2n) is 5.78. The SMILES string of the molecule is CCN(C)CCNC(=O)C1CC(=O)N(CC(C)C)C1. The number of likely N-dealkylation sites (N-methyl/N-ethyl adjacent to an activating group) is 1. The molecule has 0 aromatic heterocycles. The third-order valence-corrected chi connectivity index (χ3v) is 3.50. The van der Waals surface area contributed by atoms with Crippen molar-refractivity contribution in [3.05, 3.63) is 0 Å². The van der Waals surface area contributed by atoms with E-state index in [2.05, 4.69) is 31.0 Å². The summed E-state index contributed by atoms with van der Waals surface area (Å²) in [5.74, 6) is 0.408. The molecule has 0 aliphatic carbocycles. The van der Waals surface area contributed by atoms with Gasteiger partial charge in [-0.15, -0.1) is 0 Å². The van der Waals surface area contributed by atoms with Gasteiger partial charge >= 0.3 is 0 Å². The van der Waals surface area contributed by atoms with Crippen LogP contribution in [0.5, 0.6) is 0 Å². The number of carbonyl (C=O) groups is 2. The van der Waals surface area contributed by atoms with Crippen LogP contribution in [0.3, 0.4) is 0 Å². The van der Waals surface area contributed by atoms with Gasteiger partial charge in [-0.25, -0.2) is 0 Å². The largest absolute Gasteiger partial charge is 0.355 e. The fourth-order valence-electron chi connectivity index (χ4n) is 2.24. The van der Waals surface area contributed by atoms with Crippen LogP contribution in [-0.4, -0.2) is 61.4 Å². The number of rotatable bonds is 7. The molecule has 1 unspecified atom stereocenters. The quantitative estimate of drug-likeness (QED) is 0.735. The van der Waals surface area contributed by atoms with Gasteiger partial charge in [-0.05, 0) is 19.5 Å². The van der Waals surface area contributed by atoms with Crippen molar-refractivity contribution in [3.63, 3.8) is 0 Å². The maximum absolute atomic E-state index is 12.0. The van der Waals surface area contributed by atoms with E-state index >= 15 is 0 Å². The lowest BCUT2D eigenvalue weighted by Gasteiger charge is -2.19. The van der Waals surface area contributed by atoms with Gasteiger partial charge in [-0.2, -0.15) is 0 Å². The normalized spacial score (nSPS) is 19.6. The average molecular weight is 269 g/mol. The van der Waals surface area contributed by atoms with Crippen molar-refractivity contribution in [1.82, 2.24) is 15.1 Å². The molecular weight excluding hydrogens is 242 g/mol. The Morgan fingerprint density at radius 3 is 2.79 bits per heavy atom. The highest BCUT2D eigenvalue weighted by molar-refractivity contribution is 5.89.